The smallest absolute Gasteiger partial charge is 0.323 e. The van der Waals surface area contributed by atoms with Crippen molar-refractivity contribution in [2.75, 3.05) is 21.3 Å². The van der Waals surface area contributed by atoms with Gasteiger partial charge in [0.15, 0.2) is 0 Å². The Balaban J connectivity index is 1.38. The molecule has 0 aliphatic carbocycles. The van der Waals surface area contributed by atoms with E-state index in [0.29, 0.717) is 28.2 Å². The maximum Gasteiger partial charge on any atom is 0.323 e. The highest BCUT2D eigenvalue weighted by molar-refractivity contribution is 6.33. The Bertz CT molecular complexity index is 1310. The zero-order chi connectivity index (χ0) is 24.1. The number of aromatic nitrogens is 2. The van der Waals surface area contributed by atoms with E-state index in [4.69, 9.17) is 11.6 Å². The number of anilines is 6. The molecule has 172 valence electrons. The van der Waals surface area contributed by atoms with Crippen molar-refractivity contribution in [1.29, 1.82) is 0 Å². The van der Waals surface area contributed by atoms with Gasteiger partial charge in [-0.15, -0.1) is 0 Å². The lowest BCUT2D eigenvalue weighted by molar-refractivity contribution is 0.262. The van der Waals surface area contributed by atoms with Crippen LogP contribution in [0.1, 0.15) is 16.8 Å². The van der Waals surface area contributed by atoms with Gasteiger partial charge in [-0.05, 0) is 74.9 Å². The standard InChI is InChI=1S/C26H25ClN6O/c1-16-4-7-19(8-5-16)29-24-15-18(3)28-25(33-24)30-20-9-11-21(12-10-20)31-26(34)32-23-13-6-17(2)14-22(23)27/h4-15H,1-3H3,(H2,31,32,34)(H2,28,29,30,33). The van der Waals surface area contributed by atoms with E-state index < -0.39 is 0 Å². The van der Waals surface area contributed by atoms with E-state index >= 15 is 0 Å². The van der Waals surface area contributed by atoms with E-state index in [9.17, 15) is 4.79 Å². The summed E-state index contributed by atoms with van der Waals surface area (Å²) in [6.45, 7) is 5.90. The van der Waals surface area contributed by atoms with Gasteiger partial charge >= 0.3 is 6.03 Å². The van der Waals surface area contributed by atoms with Crippen LogP contribution in [-0.4, -0.2) is 16.0 Å². The molecule has 3 aromatic carbocycles. The molecule has 0 fully saturated rings. The van der Waals surface area contributed by atoms with E-state index in [1.807, 2.05) is 69.3 Å². The molecular weight excluding hydrogens is 448 g/mol. The molecule has 0 spiro atoms. The average Bonchev–Trinajstić information content (AvgIpc) is 2.78. The van der Waals surface area contributed by atoms with Crippen molar-refractivity contribution in [3.05, 3.63) is 94.6 Å². The van der Waals surface area contributed by atoms with Crippen LogP contribution in [0.2, 0.25) is 5.02 Å². The Morgan fingerprint density at radius 3 is 2.03 bits per heavy atom. The predicted molar refractivity (Wildman–Crippen MR) is 140 cm³/mol. The molecule has 8 heteroatoms. The number of amides is 2. The van der Waals surface area contributed by atoms with Crippen LogP contribution >= 0.6 is 11.6 Å². The van der Waals surface area contributed by atoms with Crippen molar-refractivity contribution in [1.82, 2.24) is 9.97 Å². The van der Waals surface area contributed by atoms with Crippen LogP contribution in [0.3, 0.4) is 0 Å². The number of rotatable bonds is 6. The molecule has 1 heterocycles. The molecule has 0 saturated heterocycles. The Labute approximate surface area is 203 Å². The molecule has 0 radical (unpaired) electrons. The fraction of sp³-hybridized carbons (Fsp3) is 0.115. The molecule has 2 amide bonds. The van der Waals surface area contributed by atoms with E-state index in [1.165, 1.54) is 5.56 Å². The van der Waals surface area contributed by atoms with Gasteiger partial charge in [-0.3, -0.25) is 0 Å². The largest absolute Gasteiger partial charge is 0.340 e. The minimum absolute atomic E-state index is 0.375. The van der Waals surface area contributed by atoms with Crippen LogP contribution < -0.4 is 21.3 Å². The highest BCUT2D eigenvalue weighted by Gasteiger charge is 2.08. The number of nitrogens with zero attached hydrogens (tertiary/aromatic N) is 2. The van der Waals surface area contributed by atoms with Crippen LogP contribution in [0.4, 0.5) is 39.3 Å². The zero-order valence-corrected chi connectivity index (χ0v) is 19.9. The van der Waals surface area contributed by atoms with Gasteiger partial charge in [0.05, 0.1) is 10.7 Å². The first-order chi connectivity index (χ1) is 16.3. The number of hydrogen-bond donors (Lipinski definition) is 4. The van der Waals surface area contributed by atoms with Gasteiger partial charge in [0.25, 0.3) is 0 Å². The molecule has 0 saturated carbocycles. The van der Waals surface area contributed by atoms with Crippen LogP contribution in [0, 0.1) is 20.8 Å². The minimum Gasteiger partial charge on any atom is -0.340 e. The summed E-state index contributed by atoms with van der Waals surface area (Å²) in [5, 5.41) is 12.5. The Morgan fingerprint density at radius 2 is 1.32 bits per heavy atom. The van der Waals surface area contributed by atoms with Crippen molar-refractivity contribution in [2.45, 2.75) is 20.8 Å². The maximum absolute atomic E-state index is 12.3. The number of halogens is 1. The number of benzene rings is 3. The average molecular weight is 473 g/mol. The quantitative estimate of drug-likeness (QED) is 0.238. The molecule has 4 rings (SSSR count). The molecule has 1 aromatic heterocycles. The van der Waals surface area contributed by atoms with Gasteiger partial charge in [0.2, 0.25) is 5.95 Å². The highest BCUT2D eigenvalue weighted by Crippen LogP contribution is 2.24. The summed E-state index contributed by atoms with van der Waals surface area (Å²) in [4.78, 5) is 21.3. The maximum atomic E-state index is 12.3. The molecule has 0 aliphatic rings. The topological polar surface area (TPSA) is 91.0 Å². The van der Waals surface area contributed by atoms with Gasteiger partial charge < -0.3 is 21.3 Å². The fourth-order valence-electron chi connectivity index (χ4n) is 3.25. The van der Waals surface area contributed by atoms with Crippen molar-refractivity contribution in [3.8, 4) is 0 Å². The lowest BCUT2D eigenvalue weighted by atomic mass is 10.2. The normalized spacial score (nSPS) is 10.5. The predicted octanol–water partition coefficient (Wildman–Crippen LogP) is 7.19. The highest BCUT2D eigenvalue weighted by atomic mass is 35.5. The summed E-state index contributed by atoms with van der Waals surface area (Å²) in [5.41, 5.74) is 5.98. The monoisotopic (exact) mass is 472 g/mol. The van der Waals surface area contributed by atoms with Gasteiger partial charge in [0, 0.05) is 28.8 Å². The van der Waals surface area contributed by atoms with Gasteiger partial charge in [-0.2, -0.15) is 4.98 Å². The van der Waals surface area contributed by atoms with Gasteiger partial charge in [0.1, 0.15) is 5.82 Å². The molecule has 0 aliphatic heterocycles. The summed E-state index contributed by atoms with van der Waals surface area (Å²) in [5.74, 6) is 1.17. The van der Waals surface area contributed by atoms with Gasteiger partial charge in [-0.1, -0.05) is 35.4 Å². The number of nitrogens with one attached hydrogen (secondary N) is 4. The third-order valence-corrected chi connectivity index (χ3v) is 5.26. The van der Waals surface area contributed by atoms with E-state index in [0.717, 1.165) is 22.6 Å². The second kappa shape index (κ2) is 10.2. The molecule has 34 heavy (non-hydrogen) atoms. The second-order valence-corrected chi connectivity index (χ2v) is 8.38. The molecular formula is C26H25ClN6O. The second-order valence-electron chi connectivity index (χ2n) is 7.97. The van der Waals surface area contributed by atoms with Crippen LogP contribution in [0.15, 0.2) is 72.8 Å². The number of hydrogen-bond acceptors (Lipinski definition) is 5. The number of urea groups is 1. The molecule has 0 unspecified atom stereocenters. The van der Waals surface area contributed by atoms with Crippen LogP contribution in [0.5, 0.6) is 0 Å². The van der Waals surface area contributed by atoms with Crippen molar-refractivity contribution < 1.29 is 4.79 Å². The van der Waals surface area contributed by atoms with E-state index in [2.05, 4.69) is 31.2 Å². The summed E-state index contributed by atoms with van der Waals surface area (Å²) < 4.78 is 0. The fourth-order valence-corrected chi connectivity index (χ4v) is 3.53. The Morgan fingerprint density at radius 1 is 0.706 bits per heavy atom. The third-order valence-electron chi connectivity index (χ3n) is 4.95. The first kappa shape index (κ1) is 23.1. The zero-order valence-electron chi connectivity index (χ0n) is 19.1. The van der Waals surface area contributed by atoms with Gasteiger partial charge in [-0.25, -0.2) is 9.78 Å². The summed E-state index contributed by atoms with van der Waals surface area (Å²) in [7, 11) is 0. The molecule has 0 bridgehead atoms. The molecule has 7 nitrogen and oxygen atoms in total. The first-order valence-corrected chi connectivity index (χ1v) is 11.1. The summed E-state index contributed by atoms with van der Waals surface area (Å²) >= 11 is 6.18. The first-order valence-electron chi connectivity index (χ1n) is 10.7. The number of carbonyl (C=O) groups is 1. The minimum atomic E-state index is -0.375. The SMILES string of the molecule is Cc1ccc(Nc2cc(C)nc(Nc3ccc(NC(=O)Nc4ccc(C)cc4Cl)cc3)n2)cc1. The summed E-state index contributed by atoms with van der Waals surface area (Å²) in [6.07, 6.45) is 0. The third kappa shape index (κ3) is 6.24. The Hall–Kier alpha value is -4.10. The molecule has 0 atom stereocenters. The Kier molecular flexibility index (Phi) is 6.94. The lowest BCUT2D eigenvalue weighted by Crippen LogP contribution is -2.19. The van der Waals surface area contributed by atoms with Crippen LogP contribution in [0.25, 0.3) is 0 Å². The van der Waals surface area contributed by atoms with Crippen molar-refractivity contribution >= 4 is 52.1 Å². The molecule has 4 aromatic rings. The van der Waals surface area contributed by atoms with E-state index in [1.54, 1.807) is 24.3 Å². The van der Waals surface area contributed by atoms with Crippen molar-refractivity contribution in [3.63, 3.8) is 0 Å². The van der Waals surface area contributed by atoms with Crippen molar-refractivity contribution in [2.24, 2.45) is 0 Å². The number of carbonyl (C=O) groups excluding carboxylic acids is 1. The molecule has 4 N–H and O–H groups in total. The van der Waals surface area contributed by atoms with E-state index in [-0.39, 0.29) is 6.03 Å². The summed E-state index contributed by atoms with van der Waals surface area (Å²) in [6, 6.07) is 22.3. The van der Waals surface area contributed by atoms with Crippen LogP contribution in [-0.2, 0) is 0 Å². The lowest BCUT2D eigenvalue weighted by Gasteiger charge is -2.12. The number of aryl methyl sites for hydroxylation is 3.